The van der Waals surface area contributed by atoms with Gasteiger partial charge in [-0.3, -0.25) is 19.3 Å². The zero-order valence-electron chi connectivity index (χ0n) is 19.9. The number of pyridine rings is 1. The number of rotatable bonds is 11. The van der Waals surface area contributed by atoms with Crippen LogP contribution in [-0.4, -0.2) is 78.0 Å². The van der Waals surface area contributed by atoms with E-state index in [9.17, 15) is 28.7 Å². The van der Waals surface area contributed by atoms with Crippen molar-refractivity contribution in [3.05, 3.63) is 59.3 Å². The highest BCUT2D eigenvalue weighted by molar-refractivity contribution is 8.00. The molecule has 14 nitrogen and oxygen atoms in total. The first-order chi connectivity index (χ1) is 18.7. The molecule has 0 unspecified atom stereocenters. The van der Waals surface area contributed by atoms with Crippen LogP contribution in [0.15, 0.2) is 53.1 Å². The number of carboxylic acid groups (broad SMARTS) is 2. The minimum Gasteiger partial charge on any atom is -0.481 e. The van der Waals surface area contributed by atoms with Gasteiger partial charge in [0.25, 0.3) is 18.7 Å². The van der Waals surface area contributed by atoms with E-state index in [4.69, 9.17) is 10.8 Å². The summed E-state index contributed by atoms with van der Waals surface area (Å²) in [7, 11) is 0. The van der Waals surface area contributed by atoms with Crippen LogP contribution in [0, 0.1) is 0 Å². The topological polar surface area (TPSA) is 201 Å². The van der Waals surface area contributed by atoms with E-state index in [1.165, 1.54) is 11.8 Å². The minimum absolute atomic E-state index is 0.0323. The zero-order valence-corrected chi connectivity index (χ0v) is 21.5. The molecule has 1 fully saturated rings. The van der Waals surface area contributed by atoms with Gasteiger partial charge >= 0.3 is 11.9 Å². The third-order valence-corrected chi connectivity index (χ3v) is 7.36. The maximum absolute atomic E-state index is 12.9. The van der Waals surface area contributed by atoms with Gasteiger partial charge in [0.05, 0.1) is 6.42 Å². The number of halogens is 1. The highest BCUT2D eigenvalue weighted by Crippen LogP contribution is 2.40. The lowest BCUT2D eigenvalue weighted by atomic mass is 10.0. The van der Waals surface area contributed by atoms with Crippen LogP contribution >= 0.6 is 23.3 Å². The first kappa shape index (κ1) is 27.6. The number of nitrogens with zero attached hydrogens (tertiary/aromatic N) is 5. The molecule has 1 saturated heterocycles. The minimum atomic E-state index is -1.32. The Balaban J connectivity index is 1.45. The SMILES string of the molecule is Nc1nc(/C(=N/OCF)C(=O)N[C@@H]2C(=O)N3C(C(=O)O)=C(/C=C/C[n+]4ccc(CC(=O)O)cc4)CS[C@@H]23)ns1. The lowest BCUT2D eigenvalue weighted by molar-refractivity contribution is -0.687. The number of oxime groups is 1. The predicted octanol–water partition coefficient (Wildman–Crippen LogP) is -0.322. The molecular formula is C22H21FN7O7S2+. The summed E-state index contributed by atoms with van der Waals surface area (Å²) in [6.07, 6.45) is 6.66. The number of alkyl halides is 1. The number of fused-ring (bicyclic) bond motifs is 1. The number of carbonyl (C=O) groups excluding carboxylic acids is 2. The van der Waals surface area contributed by atoms with Gasteiger partial charge in [-0.1, -0.05) is 11.2 Å². The molecule has 2 atom stereocenters. The third-order valence-electron chi connectivity index (χ3n) is 5.51. The van der Waals surface area contributed by atoms with Gasteiger partial charge in [-0.05, 0) is 17.2 Å². The summed E-state index contributed by atoms with van der Waals surface area (Å²) in [5.74, 6) is -3.77. The lowest BCUT2D eigenvalue weighted by Crippen LogP contribution is -2.71. The van der Waals surface area contributed by atoms with E-state index in [-0.39, 0.29) is 28.8 Å². The number of allylic oxidation sites excluding steroid dienone is 2. The van der Waals surface area contributed by atoms with Crippen LogP contribution in [0.25, 0.3) is 0 Å². The van der Waals surface area contributed by atoms with Gasteiger partial charge in [-0.2, -0.15) is 9.36 Å². The third kappa shape index (κ3) is 6.20. The van der Waals surface area contributed by atoms with Gasteiger partial charge in [0.1, 0.15) is 17.1 Å². The Hall–Kier alpha value is -4.38. The van der Waals surface area contributed by atoms with Crippen molar-refractivity contribution in [3.8, 4) is 0 Å². The number of hydrogen-bond donors (Lipinski definition) is 4. The Morgan fingerprint density at radius 3 is 2.69 bits per heavy atom. The number of anilines is 1. The van der Waals surface area contributed by atoms with Crippen molar-refractivity contribution >= 4 is 57.9 Å². The zero-order chi connectivity index (χ0) is 28.1. The van der Waals surface area contributed by atoms with Crippen molar-refractivity contribution in [2.45, 2.75) is 24.4 Å². The molecule has 5 N–H and O–H groups in total. The smallest absolute Gasteiger partial charge is 0.352 e. The summed E-state index contributed by atoms with van der Waals surface area (Å²) in [4.78, 5) is 57.8. The second-order valence-electron chi connectivity index (χ2n) is 8.05. The number of aliphatic carboxylic acids is 2. The van der Waals surface area contributed by atoms with Crippen LogP contribution in [0.3, 0.4) is 0 Å². The number of carbonyl (C=O) groups is 4. The van der Waals surface area contributed by atoms with Crippen LogP contribution < -0.4 is 15.6 Å². The molecular weight excluding hydrogens is 557 g/mol. The highest BCUT2D eigenvalue weighted by atomic mass is 32.2. The summed E-state index contributed by atoms with van der Waals surface area (Å²) in [6, 6.07) is 2.28. The molecule has 0 spiro atoms. The van der Waals surface area contributed by atoms with Crippen molar-refractivity contribution in [2.24, 2.45) is 5.16 Å². The number of carboxylic acids is 2. The van der Waals surface area contributed by atoms with Gasteiger partial charge in [-0.25, -0.2) is 13.8 Å². The first-order valence-electron chi connectivity index (χ1n) is 11.1. The monoisotopic (exact) mass is 578 g/mol. The summed E-state index contributed by atoms with van der Waals surface area (Å²) in [5, 5.41) is 23.9. The van der Waals surface area contributed by atoms with Crippen LogP contribution in [0.1, 0.15) is 11.4 Å². The second kappa shape index (κ2) is 12.0. The van der Waals surface area contributed by atoms with Gasteiger partial charge in [-0.15, -0.1) is 11.8 Å². The molecule has 0 aliphatic carbocycles. The molecule has 0 radical (unpaired) electrons. The number of thioether (sulfide) groups is 1. The molecule has 0 aromatic carbocycles. The molecule has 4 rings (SSSR count). The van der Waals surface area contributed by atoms with Crippen LogP contribution in [0.2, 0.25) is 0 Å². The predicted molar refractivity (Wildman–Crippen MR) is 135 cm³/mol. The number of aromatic nitrogens is 3. The Bertz CT molecular complexity index is 1390. The maximum Gasteiger partial charge on any atom is 0.352 e. The highest BCUT2D eigenvalue weighted by Gasteiger charge is 2.54. The number of amides is 2. The molecule has 2 aliphatic heterocycles. The van der Waals surface area contributed by atoms with E-state index in [0.717, 1.165) is 16.4 Å². The normalized spacial score (nSPS) is 19.1. The average Bonchev–Trinajstić information content (AvgIpc) is 3.33. The largest absolute Gasteiger partial charge is 0.481 e. The molecule has 2 aromatic heterocycles. The van der Waals surface area contributed by atoms with Crippen LogP contribution in [0.4, 0.5) is 9.52 Å². The summed E-state index contributed by atoms with van der Waals surface area (Å²) in [6.45, 7) is -0.939. The van der Waals surface area contributed by atoms with E-state index in [0.29, 0.717) is 17.7 Å². The maximum atomic E-state index is 12.9. The van der Waals surface area contributed by atoms with Gasteiger partial charge in [0.15, 0.2) is 24.1 Å². The quantitative estimate of drug-likeness (QED) is 0.118. The Morgan fingerprint density at radius 2 is 2.08 bits per heavy atom. The number of hydrogen-bond acceptors (Lipinski definition) is 11. The average molecular weight is 579 g/mol. The number of nitrogen functional groups attached to an aromatic ring is 1. The fourth-order valence-corrected chi connectivity index (χ4v) is 5.56. The molecule has 17 heteroatoms. The number of β-lactam (4-membered cyclic amide) rings is 1. The van der Waals surface area contributed by atoms with Crippen LogP contribution in [-0.2, 0) is 37.0 Å². The van der Waals surface area contributed by atoms with Gasteiger partial charge in [0, 0.05) is 29.4 Å². The van der Waals surface area contributed by atoms with Crippen LogP contribution in [0.5, 0.6) is 0 Å². The fraction of sp³-hybridized carbons (Fsp3) is 0.273. The van der Waals surface area contributed by atoms with E-state index in [1.807, 2.05) is 0 Å². The van der Waals surface area contributed by atoms with E-state index < -0.39 is 47.7 Å². The number of nitrogens with one attached hydrogen (secondary N) is 1. The molecule has 0 bridgehead atoms. The molecule has 2 amide bonds. The Morgan fingerprint density at radius 1 is 1.33 bits per heavy atom. The summed E-state index contributed by atoms with van der Waals surface area (Å²) < 4.78 is 18.1. The second-order valence-corrected chi connectivity index (χ2v) is 9.94. The van der Waals surface area contributed by atoms with Crippen molar-refractivity contribution in [2.75, 3.05) is 18.3 Å². The van der Waals surface area contributed by atoms with E-state index >= 15 is 0 Å². The van der Waals surface area contributed by atoms with Gasteiger partial charge < -0.3 is 26.1 Å². The molecule has 39 heavy (non-hydrogen) atoms. The van der Waals surface area contributed by atoms with E-state index in [1.54, 1.807) is 41.2 Å². The Kier molecular flexibility index (Phi) is 8.50. The molecule has 2 aliphatic rings. The summed E-state index contributed by atoms with van der Waals surface area (Å²) in [5.41, 5.74) is 5.90. The fourth-order valence-electron chi connectivity index (χ4n) is 3.80. The number of nitrogens with two attached hydrogens (primary N) is 1. The van der Waals surface area contributed by atoms with E-state index in [2.05, 4.69) is 24.7 Å². The Labute approximate surface area is 227 Å². The van der Waals surface area contributed by atoms with Crippen molar-refractivity contribution in [3.63, 3.8) is 0 Å². The van der Waals surface area contributed by atoms with Gasteiger partial charge in [0.2, 0.25) is 11.5 Å². The molecule has 0 saturated carbocycles. The molecule has 204 valence electrons. The van der Waals surface area contributed by atoms with Crippen molar-refractivity contribution in [1.82, 2.24) is 19.6 Å². The standard InChI is InChI=1S/C22H20FN7O7S2/c23-10-37-27-14(17-26-22(24)39-28-17)18(33)25-15-19(34)30-16(21(35)36)12(9-38-20(15)30)2-1-5-29-6-3-11(4-7-29)8-13(31)32/h1-4,6-7,15,20H,5,8-10H2,(H4-,24,25,26,28,31,32,33,35,36)/p+1/b2-1+,27-14-/t15-,20+/m1/s1. The first-order valence-corrected chi connectivity index (χ1v) is 13.0. The van der Waals surface area contributed by atoms with Crippen molar-refractivity contribution < 1.29 is 43.2 Å². The lowest BCUT2D eigenvalue weighted by Gasteiger charge is -2.49. The molecule has 2 aromatic rings. The van der Waals surface area contributed by atoms with Crippen molar-refractivity contribution in [1.29, 1.82) is 0 Å². The molecule has 4 heterocycles. The summed E-state index contributed by atoms with van der Waals surface area (Å²) >= 11 is 2.03.